The molecule has 1 heterocycles. The molecule has 0 N–H and O–H groups in total. The summed E-state index contributed by atoms with van der Waals surface area (Å²) in [6.45, 7) is 0. The molecule has 2 aromatic carbocycles. The fourth-order valence-corrected chi connectivity index (χ4v) is 3.56. The topological polar surface area (TPSA) is 0 Å². The maximum atomic E-state index is 5.90. The van der Waals surface area contributed by atoms with Crippen molar-refractivity contribution < 1.29 is 0 Å². The standard InChI is InChI=1S/C15H13ClS/c16-13-8-6-12(7-9-13)15-10-14(17-15)11-4-2-1-3-5-11/h1-9,14-15H,10H2/t14-,15+/m1/s1. The van der Waals surface area contributed by atoms with E-state index in [2.05, 4.69) is 42.5 Å². The Morgan fingerprint density at radius 2 is 1.35 bits per heavy atom. The van der Waals surface area contributed by atoms with Crippen LogP contribution in [0.5, 0.6) is 0 Å². The highest BCUT2D eigenvalue weighted by atomic mass is 35.5. The molecule has 0 aromatic heterocycles. The number of hydrogen-bond acceptors (Lipinski definition) is 1. The van der Waals surface area contributed by atoms with Crippen LogP contribution < -0.4 is 0 Å². The first-order valence-corrected chi connectivity index (χ1v) is 7.11. The van der Waals surface area contributed by atoms with Gasteiger partial charge in [0.25, 0.3) is 0 Å². The van der Waals surface area contributed by atoms with Gasteiger partial charge in [0.2, 0.25) is 0 Å². The molecule has 0 amide bonds. The Morgan fingerprint density at radius 3 is 1.94 bits per heavy atom. The summed E-state index contributed by atoms with van der Waals surface area (Å²) in [6.07, 6.45) is 1.23. The summed E-state index contributed by atoms with van der Waals surface area (Å²) in [5.74, 6) is 0. The lowest BCUT2D eigenvalue weighted by Gasteiger charge is -2.35. The Morgan fingerprint density at radius 1 is 0.824 bits per heavy atom. The van der Waals surface area contributed by atoms with Gasteiger partial charge in [0.1, 0.15) is 0 Å². The van der Waals surface area contributed by atoms with Crippen molar-refractivity contribution in [1.29, 1.82) is 0 Å². The molecule has 0 spiro atoms. The first-order valence-electron chi connectivity index (χ1n) is 5.79. The predicted octanol–water partition coefficient (Wildman–Crippen LogP) is 5.26. The molecule has 0 aliphatic carbocycles. The molecule has 17 heavy (non-hydrogen) atoms. The number of benzene rings is 2. The van der Waals surface area contributed by atoms with E-state index in [9.17, 15) is 0 Å². The molecule has 3 rings (SSSR count). The normalized spacial score (nSPS) is 23.1. The molecule has 2 heteroatoms. The second kappa shape index (κ2) is 4.75. The average molecular weight is 261 g/mol. The van der Waals surface area contributed by atoms with Gasteiger partial charge in [-0.05, 0) is 29.7 Å². The minimum Gasteiger partial charge on any atom is -0.145 e. The summed E-state index contributed by atoms with van der Waals surface area (Å²) >= 11 is 7.94. The van der Waals surface area contributed by atoms with Gasteiger partial charge in [-0.15, -0.1) is 11.8 Å². The second-order valence-corrected chi connectivity index (χ2v) is 6.16. The zero-order valence-corrected chi connectivity index (χ0v) is 10.9. The Bertz CT molecular complexity index is 486. The molecule has 1 aliphatic heterocycles. The third-order valence-electron chi connectivity index (χ3n) is 3.17. The van der Waals surface area contributed by atoms with Crippen LogP contribution in [-0.2, 0) is 0 Å². The molecule has 1 fully saturated rings. The zero-order valence-electron chi connectivity index (χ0n) is 9.34. The van der Waals surface area contributed by atoms with E-state index in [4.69, 9.17) is 11.6 Å². The summed E-state index contributed by atoms with van der Waals surface area (Å²) in [6, 6.07) is 19.0. The van der Waals surface area contributed by atoms with Gasteiger partial charge in [-0.3, -0.25) is 0 Å². The van der Waals surface area contributed by atoms with E-state index in [1.54, 1.807) is 0 Å². The monoisotopic (exact) mass is 260 g/mol. The van der Waals surface area contributed by atoms with Crippen molar-refractivity contribution in [3.8, 4) is 0 Å². The predicted molar refractivity (Wildman–Crippen MR) is 75.6 cm³/mol. The molecule has 1 saturated heterocycles. The summed E-state index contributed by atoms with van der Waals surface area (Å²) in [5, 5.41) is 2.12. The molecule has 0 unspecified atom stereocenters. The quantitative estimate of drug-likeness (QED) is 0.710. The molecule has 2 aromatic rings. The van der Waals surface area contributed by atoms with Crippen molar-refractivity contribution in [1.82, 2.24) is 0 Å². The summed E-state index contributed by atoms with van der Waals surface area (Å²) < 4.78 is 0. The van der Waals surface area contributed by atoms with E-state index in [1.165, 1.54) is 17.5 Å². The van der Waals surface area contributed by atoms with Gasteiger partial charge in [0.15, 0.2) is 0 Å². The number of halogens is 1. The highest BCUT2D eigenvalue weighted by molar-refractivity contribution is 8.01. The van der Waals surface area contributed by atoms with E-state index in [-0.39, 0.29) is 0 Å². The summed E-state index contributed by atoms with van der Waals surface area (Å²) in [4.78, 5) is 0. The van der Waals surface area contributed by atoms with Crippen molar-refractivity contribution in [3.05, 3.63) is 70.7 Å². The lowest BCUT2D eigenvalue weighted by Crippen LogP contribution is -2.12. The van der Waals surface area contributed by atoms with E-state index in [0.717, 1.165) is 5.02 Å². The van der Waals surface area contributed by atoms with Crippen LogP contribution in [0.2, 0.25) is 5.02 Å². The molecular formula is C15H13ClS. The molecule has 2 atom stereocenters. The zero-order chi connectivity index (χ0) is 11.7. The fraction of sp³-hybridized carbons (Fsp3) is 0.200. The molecule has 1 aliphatic rings. The highest BCUT2D eigenvalue weighted by Crippen LogP contribution is 2.57. The van der Waals surface area contributed by atoms with Crippen LogP contribution in [-0.4, -0.2) is 0 Å². The molecule has 0 radical (unpaired) electrons. The van der Waals surface area contributed by atoms with E-state index in [1.807, 2.05) is 23.9 Å². The van der Waals surface area contributed by atoms with Gasteiger partial charge >= 0.3 is 0 Å². The SMILES string of the molecule is Clc1ccc([C@@H]2C[C@H](c3ccccc3)S2)cc1. The minimum atomic E-state index is 0.637. The van der Waals surface area contributed by atoms with Gasteiger partial charge < -0.3 is 0 Å². The van der Waals surface area contributed by atoms with E-state index < -0.39 is 0 Å². The third kappa shape index (κ3) is 2.36. The highest BCUT2D eigenvalue weighted by Gasteiger charge is 2.31. The summed E-state index contributed by atoms with van der Waals surface area (Å²) in [7, 11) is 0. The van der Waals surface area contributed by atoms with Crippen LogP contribution in [0.25, 0.3) is 0 Å². The minimum absolute atomic E-state index is 0.637. The fourth-order valence-electron chi connectivity index (χ4n) is 2.16. The maximum absolute atomic E-state index is 5.90. The number of hydrogen-bond donors (Lipinski definition) is 0. The van der Waals surface area contributed by atoms with E-state index in [0.29, 0.717) is 10.5 Å². The molecule has 0 saturated carbocycles. The van der Waals surface area contributed by atoms with Crippen LogP contribution in [0.3, 0.4) is 0 Å². The van der Waals surface area contributed by atoms with Crippen LogP contribution in [0.15, 0.2) is 54.6 Å². The van der Waals surface area contributed by atoms with Gasteiger partial charge in [-0.2, -0.15) is 0 Å². The van der Waals surface area contributed by atoms with Gasteiger partial charge in [-0.25, -0.2) is 0 Å². The van der Waals surface area contributed by atoms with Crippen molar-refractivity contribution in [3.63, 3.8) is 0 Å². The first kappa shape index (κ1) is 11.2. The van der Waals surface area contributed by atoms with Crippen LogP contribution in [0, 0.1) is 0 Å². The maximum Gasteiger partial charge on any atom is 0.0406 e. The molecule has 0 nitrogen and oxygen atoms in total. The van der Waals surface area contributed by atoms with Crippen LogP contribution >= 0.6 is 23.4 Å². The average Bonchev–Trinajstić information content (AvgIpc) is 2.31. The molecule has 86 valence electrons. The second-order valence-electron chi connectivity index (χ2n) is 4.31. The van der Waals surface area contributed by atoms with Crippen LogP contribution in [0.4, 0.5) is 0 Å². The first-order chi connectivity index (χ1) is 8.33. The Hall–Kier alpha value is -0.920. The van der Waals surface area contributed by atoms with Gasteiger partial charge in [0.05, 0.1) is 0 Å². The van der Waals surface area contributed by atoms with Gasteiger partial charge in [-0.1, -0.05) is 54.1 Å². The summed E-state index contributed by atoms with van der Waals surface area (Å²) in [5.41, 5.74) is 2.84. The van der Waals surface area contributed by atoms with Gasteiger partial charge in [0, 0.05) is 15.5 Å². The molecule has 0 bridgehead atoms. The largest absolute Gasteiger partial charge is 0.145 e. The lowest BCUT2D eigenvalue weighted by atomic mass is 10.0. The molecular weight excluding hydrogens is 248 g/mol. The van der Waals surface area contributed by atoms with Crippen molar-refractivity contribution in [2.24, 2.45) is 0 Å². The Balaban J connectivity index is 1.67. The van der Waals surface area contributed by atoms with Crippen LogP contribution in [0.1, 0.15) is 28.0 Å². The number of rotatable bonds is 2. The van der Waals surface area contributed by atoms with Crippen molar-refractivity contribution in [2.75, 3.05) is 0 Å². The van der Waals surface area contributed by atoms with Crippen molar-refractivity contribution >= 4 is 23.4 Å². The lowest BCUT2D eigenvalue weighted by molar-refractivity contribution is 0.720. The smallest absolute Gasteiger partial charge is 0.0406 e. The third-order valence-corrected chi connectivity index (χ3v) is 5.01. The van der Waals surface area contributed by atoms with Crippen molar-refractivity contribution in [2.45, 2.75) is 16.9 Å². The Kier molecular flexibility index (Phi) is 3.13. The van der Waals surface area contributed by atoms with E-state index >= 15 is 0 Å². The number of thioether (sulfide) groups is 1. The Labute approximate surface area is 111 Å².